The van der Waals surface area contributed by atoms with Crippen LogP contribution in [0.4, 0.5) is 0 Å². The van der Waals surface area contributed by atoms with Crippen LogP contribution in [-0.4, -0.2) is 34.4 Å². The van der Waals surface area contributed by atoms with E-state index in [1.165, 1.54) is 5.56 Å². The van der Waals surface area contributed by atoms with Crippen LogP contribution in [0.25, 0.3) is 10.6 Å². The van der Waals surface area contributed by atoms with Gasteiger partial charge in [-0.1, -0.05) is 30.3 Å². The maximum atomic E-state index is 12.5. The number of hydrogen-bond acceptors (Lipinski definition) is 4. The number of likely N-dealkylation sites (N-methyl/N-ethyl adjacent to an activating group) is 1. The third kappa shape index (κ3) is 3.68. The van der Waals surface area contributed by atoms with Crippen molar-refractivity contribution in [2.24, 2.45) is 0 Å². The summed E-state index contributed by atoms with van der Waals surface area (Å²) < 4.78 is 0. The van der Waals surface area contributed by atoms with Crippen LogP contribution < -0.4 is 0 Å². The van der Waals surface area contributed by atoms with Gasteiger partial charge in [0.2, 0.25) is 0 Å². The summed E-state index contributed by atoms with van der Waals surface area (Å²) in [6.07, 6.45) is 2.49. The summed E-state index contributed by atoms with van der Waals surface area (Å²) in [5.41, 5.74) is 5.47. The second kappa shape index (κ2) is 7.36. The number of hydrogen-bond donors (Lipinski definition) is 0. The average Bonchev–Trinajstić information content (AvgIpc) is 3.06. The molecule has 0 aliphatic carbocycles. The molecular weight excluding hydrogens is 318 g/mol. The molecule has 0 radical (unpaired) electrons. The first kappa shape index (κ1) is 16.3. The lowest BCUT2D eigenvalue weighted by atomic mass is 10.1. The lowest BCUT2D eigenvalue weighted by molar-refractivity contribution is 0.0796. The van der Waals surface area contributed by atoms with E-state index in [1.54, 1.807) is 22.4 Å². The highest BCUT2D eigenvalue weighted by molar-refractivity contribution is 7.13. The fourth-order valence-corrected chi connectivity index (χ4v) is 3.25. The van der Waals surface area contributed by atoms with E-state index in [4.69, 9.17) is 0 Å². The molecule has 24 heavy (non-hydrogen) atoms. The van der Waals surface area contributed by atoms with E-state index in [-0.39, 0.29) is 5.91 Å². The van der Waals surface area contributed by atoms with Crippen LogP contribution in [0.5, 0.6) is 0 Å². The second-order valence-electron chi connectivity index (χ2n) is 5.66. The minimum Gasteiger partial charge on any atom is -0.341 e. The third-order valence-electron chi connectivity index (χ3n) is 3.91. The molecule has 2 aromatic heterocycles. The molecule has 0 fully saturated rings. The van der Waals surface area contributed by atoms with Gasteiger partial charge in [0.1, 0.15) is 0 Å². The van der Waals surface area contributed by atoms with Crippen molar-refractivity contribution in [1.82, 2.24) is 14.9 Å². The Labute approximate surface area is 145 Å². The topological polar surface area (TPSA) is 46.1 Å². The zero-order valence-electron chi connectivity index (χ0n) is 13.8. The molecule has 0 aliphatic heterocycles. The summed E-state index contributed by atoms with van der Waals surface area (Å²) in [5.74, 6) is -0.00833. The van der Waals surface area contributed by atoms with Gasteiger partial charge >= 0.3 is 0 Å². The van der Waals surface area contributed by atoms with Crippen LogP contribution in [-0.2, 0) is 6.42 Å². The van der Waals surface area contributed by atoms with Crippen LogP contribution in [0.15, 0.2) is 54.2 Å². The zero-order chi connectivity index (χ0) is 16.9. The predicted molar refractivity (Wildman–Crippen MR) is 97.2 cm³/mol. The van der Waals surface area contributed by atoms with E-state index in [0.717, 1.165) is 22.7 Å². The number of aromatic nitrogens is 2. The number of carbonyl (C=O) groups is 1. The highest BCUT2D eigenvalue weighted by Crippen LogP contribution is 2.25. The van der Waals surface area contributed by atoms with Crippen molar-refractivity contribution in [1.29, 1.82) is 0 Å². The Kier molecular flexibility index (Phi) is 5.01. The quantitative estimate of drug-likeness (QED) is 0.711. The fraction of sp³-hybridized carbons (Fsp3) is 0.211. The first-order chi connectivity index (χ1) is 11.6. The number of aryl methyl sites for hydroxylation is 1. The third-order valence-corrected chi connectivity index (χ3v) is 4.87. The molecule has 1 aromatic carbocycles. The Morgan fingerprint density at radius 3 is 2.54 bits per heavy atom. The Bertz CT molecular complexity index is 812. The molecule has 1 amide bonds. The van der Waals surface area contributed by atoms with Crippen molar-refractivity contribution in [3.63, 3.8) is 0 Å². The van der Waals surface area contributed by atoms with Gasteiger partial charge in [-0.25, -0.2) is 4.98 Å². The first-order valence-electron chi connectivity index (χ1n) is 7.81. The van der Waals surface area contributed by atoms with Gasteiger partial charge in [-0.05, 0) is 31.0 Å². The van der Waals surface area contributed by atoms with E-state index in [0.29, 0.717) is 12.1 Å². The molecule has 0 saturated carbocycles. The van der Waals surface area contributed by atoms with Gasteiger partial charge in [-0.2, -0.15) is 0 Å². The van der Waals surface area contributed by atoms with Crippen LogP contribution in [0.1, 0.15) is 21.6 Å². The molecule has 122 valence electrons. The van der Waals surface area contributed by atoms with Crippen LogP contribution in [0.3, 0.4) is 0 Å². The van der Waals surface area contributed by atoms with Gasteiger partial charge < -0.3 is 4.90 Å². The standard InChI is InChI=1S/C19H19N3OS/c1-14-18(24-13-21-14)17-9-8-16(12-20-17)19(23)22(2)11-10-15-6-4-3-5-7-15/h3-9,12-13H,10-11H2,1-2H3. The number of benzene rings is 1. The number of carbonyl (C=O) groups excluding carboxylic acids is 1. The maximum absolute atomic E-state index is 12.5. The van der Waals surface area contributed by atoms with E-state index in [9.17, 15) is 4.79 Å². The summed E-state index contributed by atoms with van der Waals surface area (Å²) in [5, 5.41) is 0. The number of amides is 1. The molecule has 5 heteroatoms. The molecule has 0 bridgehead atoms. The van der Waals surface area contributed by atoms with Gasteiger partial charge in [-0.3, -0.25) is 9.78 Å². The molecule has 2 heterocycles. The molecule has 0 N–H and O–H groups in total. The minimum atomic E-state index is -0.00833. The summed E-state index contributed by atoms with van der Waals surface area (Å²) in [7, 11) is 1.83. The number of pyridine rings is 1. The number of rotatable bonds is 5. The second-order valence-corrected chi connectivity index (χ2v) is 6.52. The van der Waals surface area contributed by atoms with Crippen molar-refractivity contribution < 1.29 is 4.79 Å². The molecular formula is C19H19N3OS. The molecule has 0 saturated heterocycles. The molecule has 3 rings (SSSR count). The molecule has 0 unspecified atom stereocenters. The molecule has 4 nitrogen and oxygen atoms in total. The van der Waals surface area contributed by atoms with E-state index in [2.05, 4.69) is 22.1 Å². The zero-order valence-corrected chi connectivity index (χ0v) is 14.6. The Morgan fingerprint density at radius 2 is 1.92 bits per heavy atom. The largest absolute Gasteiger partial charge is 0.341 e. The summed E-state index contributed by atoms with van der Waals surface area (Å²) in [4.78, 5) is 24.0. The minimum absolute atomic E-state index is 0.00833. The van der Waals surface area contributed by atoms with E-state index < -0.39 is 0 Å². The highest BCUT2D eigenvalue weighted by Gasteiger charge is 2.13. The SMILES string of the molecule is Cc1ncsc1-c1ccc(C(=O)N(C)CCc2ccccc2)cn1. The van der Waals surface area contributed by atoms with Crippen LogP contribution >= 0.6 is 11.3 Å². The maximum Gasteiger partial charge on any atom is 0.255 e. The Morgan fingerprint density at radius 1 is 1.12 bits per heavy atom. The Hall–Kier alpha value is -2.53. The summed E-state index contributed by atoms with van der Waals surface area (Å²) in [6.45, 7) is 2.64. The summed E-state index contributed by atoms with van der Waals surface area (Å²) >= 11 is 1.56. The number of thiazole rings is 1. The van der Waals surface area contributed by atoms with Crippen LogP contribution in [0, 0.1) is 6.92 Å². The van der Waals surface area contributed by atoms with Crippen molar-refractivity contribution >= 4 is 17.2 Å². The van der Waals surface area contributed by atoms with Gasteiger partial charge in [0.15, 0.2) is 0 Å². The van der Waals surface area contributed by atoms with Gasteiger partial charge in [0.25, 0.3) is 5.91 Å². The van der Waals surface area contributed by atoms with Crippen molar-refractivity contribution in [3.05, 3.63) is 71.0 Å². The highest BCUT2D eigenvalue weighted by atomic mass is 32.1. The molecule has 0 atom stereocenters. The molecule has 0 spiro atoms. The van der Waals surface area contributed by atoms with Gasteiger partial charge in [-0.15, -0.1) is 11.3 Å². The fourth-order valence-electron chi connectivity index (χ4n) is 2.47. The normalized spacial score (nSPS) is 10.6. The van der Waals surface area contributed by atoms with Crippen molar-refractivity contribution in [3.8, 4) is 10.6 Å². The average molecular weight is 337 g/mol. The van der Waals surface area contributed by atoms with Gasteiger partial charge in [0.05, 0.1) is 27.3 Å². The smallest absolute Gasteiger partial charge is 0.255 e. The van der Waals surface area contributed by atoms with Gasteiger partial charge in [0, 0.05) is 19.8 Å². The molecule has 3 aromatic rings. The first-order valence-corrected chi connectivity index (χ1v) is 8.69. The van der Waals surface area contributed by atoms with E-state index >= 15 is 0 Å². The van der Waals surface area contributed by atoms with Crippen molar-refractivity contribution in [2.45, 2.75) is 13.3 Å². The lowest BCUT2D eigenvalue weighted by Gasteiger charge is -2.17. The summed E-state index contributed by atoms with van der Waals surface area (Å²) in [6, 6.07) is 13.9. The monoisotopic (exact) mass is 337 g/mol. The lowest BCUT2D eigenvalue weighted by Crippen LogP contribution is -2.28. The predicted octanol–water partition coefficient (Wildman–Crippen LogP) is 3.83. The Balaban J connectivity index is 1.65. The van der Waals surface area contributed by atoms with Crippen molar-refractivity contribution in [2.75, 3.05) is 13.6 Å². The number of nitrogens with zero attached hydrogens (tertiary/aromatic N) is 3. The van der Waals surface area contributed by atoms with E-state index in [1.807, 2.05) is 49.8 Å². The van der Waals surface area contributed by atoms with Crippen LogP contribution in [0.2, 0.25) is 0 Å². The molecule has 0 aliphatic rings.